The van der Waals surface area contributed by atoms with Crippen molar-refractivity contribution in [2.24, 2.45) is 0 Å². The van der Waals surface area contributed by atoms with Crippen LogP contribution in [0, 0.1) is 10.1 Å². The van der Waals surface area contributed by atoms with E-state index in [-0.39, 0.29) is 29.9 Å². The first-order valence-electron chi connectivity index (χ1n) is 8.01. The number of rotatable bonds is 9. The number of nitro groups is 1. The summed E-state index contributed by atoms with van der Waals surface area (Å²) in [6.07, 6.45) is -0.233. The minimum atomic E-state index is -0.698. The summed E-state index contributed by atoms with van der Waals surface area (Å²) in [6, 6.07) is 11.6. The fraction of sp³-hybridized carbons (Fsp3) is 0.211. The Hall–Kier alpha value is -3.55. The maximum Gasteiger partial charge on any atom is 0.306 e. The molecule has 8 heteroatoms. The predicted octanol–water partition coefficient (Wildman–Crippen LogP) is 2.99. The van der Waals surface area contributed by atoms with Crippen molar-refractivity contribution < 1.29 is 28.8 Å². The lowest BCUT2D eigenvalue weighted by atomic mass is 10.1. The van der Waals surface area contributed by atoms with Gasteiger partial charge in [-0.1, -0.05) is 12.1 Å². The second-order valence-corrected chi connectivity index (χ2v) is 5.54. The van der Waals surface area contributed by atoms with Crippen LogP contribution in [0.1, 0.15) is 33.6 Å². The van der Waals surface area contributed by atoms with Gasteiger partial charge in [-0.05, 0) is 24.3 Å². The van der Waals surface area contributed by atoms with Crippen molar-refractivity contribution in [3.05, 3.63) is 69.8 Å². The number of ether oxygens (including phenoxy) is 2. The zero-order valence-corrected chi connectivity index (χ0v) is 14.5. The highest BCUT2D eigenvalue weighted by molar-refractivity contribution is 5.99. The minimum absolute atomic E-state index is 0.0594. The number of esters is 1. The Labute approximate surface area is 154 Å². The third-order valence-corrected chi connectivity index (χ3v) is 3.71. The van der Waals surface area contributed by atoms with Gasteiger partial charge in [0.15, 0.2) is 12.4 Å². The Morgan fingerprint density at radius 2 is 1.67 bits per heavy atom. The molecule has 2 rings (SSSR count). The van der Waals surface area contributed by atoms with Crippen LogP contribution in [0.4, 0.5) is 5.69 Å². The second kappa shape index (κ2) is 9.23. The summed E-state index contributed by atoms with van der Waals surface area (Å²) in [6.45, 7) is -0.545. The summed E-state index contributed by atoms with van der Waals surface area (Å²) in [5.74, 6) is -0.880. The maximum atomic E-state index is 12.0. The van der Waals surface area contributed by atoms with Crippen molar-refractivity contribution in [2.45, 2.75) is 12.8 Å². The normalized spacial score (nSPS) is 10.1. The number of methoxy groups -OCH3 is 1. The third kappa shape index (κ3) is 5.74. The third-order valence-electron chi connectivity index (χ3n) is 3.71. The Balaban J connectivity index is 1.81. The Kier molecular flexibility index (Phi) is 6.76. The summed E-state index contributed by atoms with van der Waals surface area (Å²) in [4.78, 5) is 45.8. The van der Waals surface area contributed by atoms with Gasteiger partial charge in [-0.2, -0.15) is 0 Å². The van der Waals surface area contributed by atoms with E-state index in [0.29, 0.717) is 11.3 Å². The number of hydrogen-bond donors (Lipinski definition) is 0. The van der Waals surface area contributed by atoms with Gasteiger partial charge >= 0.3 is 5.97 Å². The first-order chi connectivity index (χ1) is 12.9. The number of nitro benzene ring substituents is 1. The molecule has 0 fully saturated rings. The minimum Gasteiger partial charge on any atom is -0.497 e. The van der Waals surface area contributed by atoms with Gasteiger partial charge in [-0.25, -0.2) is 0 Å². The quantitative estimate of drug-likeness (QED) is 0.288. The standard InChI is InChI=1S/C19H17NO7/c1-26-16-7-5-13(6-8-16)17(21)9-10-19(23)27-12-18(22)14-3-2-4-15(11-14)20(24)25/h2-8,11H,9-10,12H2,1H3. The number of ketones is 2. The van der Waals surface area contributed by atoms with Crippen molar-refractivity contribution in [1.82, 2.24) is 0 Å². The van der Waals surface area contributed by atoms with Crippen LogP contribution in [0.15, 0.2) is 48.5 Å². The monoisotopic (exact) mass is 371 g/mol. The summed E-state index contributed by atoms with van der Waals surface area (Å²) in [7, 11) is 1.52. The molecule has 0 aliphatic rings. The van der Waals surface area contributed by atoms with E-state index in [9.17, 15) is 24.5 Å². The Morgan fingerprint density at radius 3 is 2.30 bits per heavy atom. The van der Waals surface area contributed by atoms with E-state index in [1.54, 1.807) is 24.3 Å². The number of carbonyl (C=O) groups is 3. The molecule has 0 bridgehead atoms. The van der Waals surface area contributed by atoms with Gasteiger partial charge < -0.3 is 9.47 Å². The first-order valence-corrected chi connectivity index (χ1v) is 8.01. The number of non-ortho nitro benzene ring substituents is 1. The van der Waals surface area contributed by atoms with Gasteiger partial charge in [0, 0.05) is 29.7 Å². The van der Waals surface area contributed by atoms with E-state index in [4.69, 9.17) is 9.47 Å². The van der Waals surface area contributed by atoms with Crippen molar-refractivity contribution in [1.29, 1.82) is 0 Å². The van der Waals surface area contributed by atoms with Gasteiger partial charge in [0.2, 0.25) is 5.78 Å². The molecule has 140 valence electrons. The lowest BCUT2D eigenvalue weighted by Crippen LogP contribution is -2.15. The van der Waals surface area contributed by atoms with Crippen LogP contribution in [-0.2, 0) is 9.53 Å². The molecule has 0 unspecified atom stereocenters. The summed E-state index contributed by atoms with van der Waals surface area (Å²) in [5, 5.41) is 10.7. The van der Waals surface area contributed by atoms with E-state index in [1.165, 1.54) is 25.3 Å². The lowest BCUT2D eigenvalue weighted by molar-refractivity contribution is -0.384. The molecule has 0 atom stereocenters. The molecule has 0 aromatic heterocycles. The molecule has 2 aromatic carbocycles. The van der Waals surface area contributed by atoms with Gasteiger partial charge in [0.05, 0.1) is 18.5 Å². The van der Waals surface area contributed by atoms with E-state index in [1.807, 2.05) is 0 Å². The van der Waals surface area contributed by atoms with E-state index < -0.39 is 23.3 Å². The SMILES string of the molecule is COc1ccc(C(=O)CCC(=O)OCC(=O)c2cccc([N+](=O)[O-])c2)cc1. The molecule has 0 spiro atoms. The van der Waals surface area contributed by atoms with E-state index >= 15 is 0 Å². The summed E-state index contributed by atoms with van der Waals surface area (Å²) >= 11 is 0. The molecule has 0 radical (unpaired) electrons. The molecular weight excluding hydrogens is 354 g/mol. The van der Waals surface area contributed by atoms with Gasteiger partial charge in [0.1, 0.15) is 5.75 Å². The van der Waals surface area contributed by atoms with Gasteiger partial charge in [-0.15, -0.1) is 0 Å². The van der Waals surface area contributed by atoms with Crippen LogP contribution < -0.4 is 4.74 Å². The molecule has 0 heterocycles. The van der Waals surface area contributed by atoms with Crippen molar-refractivity contribution >= 4 is 23.2 Å². The molecule has 0 saturated carbocycles. The molecule has 8 nitrogen and oxygen atoms in total. The van der Waals surface area contributed by atoms with Crippen LogP contribution in [0.3, 0.4) is 0 Å². The molecule has 27 heavy (non-hydrogen) atoms. The maximum absolute atomic E-state index is 12.0. The lowest BCUT2D eigenvalue weighted by Gasteiger charge is -2.05. The van der Waals surface area contributed by atoms with E-state index in [0.717, 1.165) is 6.07 Å². The smallest absolute Gasteiger partial charge is 0.306 e. The second-order valence-electron chi connectivity index (χ2n) is 5.54. The van der Waals surface area contributed by atoms with Gasteiger partial charge in [0.25, 0.3) is 5.69 Å². The fourth-order valence-corrected chi connectivity index (χ4v) is 2.23. The Bertz CT molecular complexity index is 859. The topological polar surface area (TPSA) is 113 Å². The van der Waals surface area contributed by atoms with Crippen LogP contribution in [-0.4, -0.2) is 36.2 Å². The molecule has 0 aliphatic heterocycles. The highest BCUT2D eigenvalue weighted by atomic mass is 16.6. The number of nitrogens with zero attached hydrogens (tertiary/aromatic N) is 1. The number of hydrogen-bond acceptors (Lipinski definition) is 7. The van der Waals surface area contributed by atoms with E-state index in [2.05, 4.69) is 0 Å². The van der Waals surface area contributed by atoms with Crippen LogP contribution >= 0.6 is 0 Å². The summed E-state index contributed by atoms with van der Waals surface area (Å²) < 4.78 is 9.85. The average molecular weight is 371 g/mol. The largest absolute Gasteiger partial charge is 0.497 e. The molecule has 2 aromatic rings. The van der Waals surface area contributed by atoms with Crippen molar-refractivity contribution in [3.63, 3.8) is 0 Å². The Morgan fingerprint density at radius 1 is 0.963 bits per heavy atom. The van der Waals surface area contributed by atoms with Crippen molar-refractivity contribution in [2.75, 3.05) is 13.7 Å². The number of Topliss-reactive ketones (excluding diaryl/α,β-unsaturated/α-hetero) is 2. The first kappa shape index (κ1) is 19.8. The fourth-order valence-electron chi connectivity index (χ4n) is 2.23. The van der Waals surface area contributed by atoms with Crippen LogP contribution in [0.25, 0.3) is 0 Å². The predicted molar refractivity (Wildman–Crippen MR) is 94.9 cm³/mol. The molecule has 0 amide bonds. The molecule has 0 N–H and O–H groups in total. The summed E-state index contributed by atoms with van der Waals surface area (Å²) in [5.41, 5.74) is 0.292. The van der Waals surface area contributed by atoms with Crippen LogP contribution in [0.5, 0.6) is 5.75 Å². The molecule has 0 saturated heterocycles. The number of benzene rings is 2. The molecule has 0 aliphatic carbocycles. The van der Waals surface area contributed by atoms with Crippen LogP contribution in [0.2, 0.25) is 0 Å². The van der Waals surface area contributed by atoms with Gasteiger partial charge in [-0.3, -0.25) is 24.5 Å². The highest BCUT2D eigenvalue weighted by Crippen LogP contribution is 2.15. The number of carbonyl (C=O) groups excluding carboxylic acids is 3. The highest BCUT2D eigenvalue weighted by Gasteiger charge is 2.15. The molecular formula is C19H17NO7. The average Bonchev–Trinajstić information content (AvgIpc) is 2.70. The van der Waals surface area contributed by atoms with Crippen molar-refractivity contribution in [3.8, 4) is 5.75 Å². The zero-order valence-electron chi connectivity index (χ0n) is 14.5. The zero-order chi connectivity index (χ0) is 19.8.